The molecule has 5 rings (SSSR count). The van der Waals surface area contributed by atoms with E-state index < -0.39 is 11.5 Å². The van der Waals surface area contributed by atoms with Crippen LogP contribution in [0.2, 0.25) is 0 Å². The van der Waals surface area contributed by atoms with Crippen molar-refractivity contribution in [2.24, 2.45) is 52.3 Å². The van der Waals surface area contributed by atoms with Crippen LogP contribution in [0.25, 0.3) is 0 Å². The van der Waals surface area contributed by atoms with E-state index in [2.05, 4.69) is 45.9 Å². The predicted molar refractivity (Wildman–Crippen MR) is 167 cm³/mol. The van der Waals surface area contributed by atoms with Gasteiger partial charge in [0.05, 0.1) is 5.69 Å². The maximum absolute atomic E-state index is 15.3. The molecule has 4 fully saturated rings. The molecule has 4 unspecified atom stereocenters. The summed E-state index contributed by atoms with van der Waals surface area (Å²) in [5.74, 6) is 2.11. The van der Waals surface area contributed by atoms with E-state index in [1.807, 2.05) is 4.68 Å². The number of nitrogens with zero attached hydrogens (tertiary/aromatic N) is 3. The smallest absolute Gasteiger partial charge is 0.302 e. The van der Waals surface area contributed by atoms with E-state index in [0.29, 0.717) is 24.0 Å². The molecule has 4 aliphatic carbocycles. The molecule has 0 bridgehead atoms. The molecule has 0 aromatic carbocycles. The maximum Gasteiger partial charge on any atom is 0.302 e. The van der Waals surface area contributed by atoms with E-state index in [1.54, 1.807) is 13.8 Å². The minimum atomic E-state index is -0.557. The van der Waals surface area contributed by atoms with E-state index in [4.69, 9.17) is 9.95 Å². The number of aryl methyl sites for hydroxylation is 1. The van der Waals surface area contributed by atoms with Gasteiger partial charge in [0, 0.05) is 36.8 Å². The van der Waals surface area contributed by atoms with Crippen LogP contribution in [0, 0.1) is 52.3 Å². The number of unbranched alkanes of at least 4 members (excludes halogenated alkanes) is 3. The lowest BCUT2D eigenvalue weighted by molar-refractivity contribution is -0.203. The van der Waals surface area contributed by atoms with Crippen LogP contribution < -0.4 is 0 Å². The van der Waals surface area contributed by atoms with Gasteiger partial charge in [-0.3, -0.25) is 9.59 Å². The fourth-order valence-corrected chi connectivity index (χ4v) is 10.7. The van der Waals surface area contributed by atoms with Crippen LogP contribution >= 0.6 is 0 Å². The molecule has 1 aromatic rings. The van der Waals surface area contributed by atoms with Gasteiger partial charge in [-0.05, 0) is 93.3 Å². The summed E-state index contributed by atoms with van der Waals surface area (Å²) in [6, 6.07) is -0.414. The first-order chi connectivity index (χ1) is 20.4. The van der Waals surface area contributed by atoms with Crippen molar-refractivity contribution in [2.75, 3.05) is 0 Å². The fraction of sp³-hybridized carbons (Fsp3) is 0.861. The van der Waals surface area contributed by atoms with Gasteiger partial charge in [0.2, 0.25) is 0 Å². The highest BCUT2D eigenvalue weighted by atomic mass is 16.5. The summed E-state index contributed by atoms with van der Waals surface area (Å²) in [5, 5.41) is 9.33. The molecule has 0 spiro atoms. The number of hydrogen-bond donors (Lipinski definition) is 0. The Morgan fingerprint density at radius 1 is 1.12 bits per heavy atom. The average molecular weight is 596 g/mol. The second-order valence-corrected chi connectivity index (χ2v) is 15.7. The van der Waals surface area contributed by atoms with Crippen molar-refractivity contribution in [3.05, 3.63) is 11.9 Å². The number of esters is 1. The van der Waals surface area contributed by atoms with Crippen molar-refractivity contribution in [3.8, 4) is 0 Å². The summed E-state index contributed by atoms with van der Waals surface area (Å²) < 4.78 is 8.23. The Labute approximate surface area is 259 Å². The van der Waals surface area contributed by atoms with Crippen LogP contribution in [-0.4, -0.2) is 38.6 Å². The molecular weight excluding hydrogens is 538 g/mol. The number of carbonyl (C=O) groups excluding carboxylic acids is 3. The van der Waals surface area contributed by atoms with Crippen molar-refractivity contribution in [1.82, 2.24) is 15.0 Å². The van der Waals surface area contributed by atoms with Gasteiger partial charge in [-0.1, -0.05) is 65.5 Å². The quantitative estimate of drug-likeness (QED) is 0.194. The first-order valence-electron chi connectivity index (χ1n) is 17.5. The molecular formula is C36H57N3O4. The minimum absolute atomic E-state index is 0.0267. The predicted octanol–water partition coefficient (Wildman–Crippen LogP) is 7.57. The van der Waals surface area contributed by atoms with E-state index >= 15 is 4.79 Å². The third-order valence-corrected chi connectivity index (χ3v) is 12.9. The average Bonchev–Trinajstić information content (AvgIpc) is 3.56. The molecule has 1 heterocycles. The summed E-state index contributed by atoms with van der Waals surface area (Å²) in [7, 11) is 0. The number of rotatable bonds is 11. The van der Waals surface area contributed by atoms with Gasteiger partial charge in [-0.2, -0.15) is 0 Å². The second kappa shape index (κ2) is 12.7. The Morgan fingerprint density at radius 2 is 1.88 bits per heavy atom. The minimum Gasteiger partial charge on any atom is -0.462 e. The highest BCUT2D eigenvalue weighted by Gasteiger charge is 2.70. The SMILES string of the molecule is CCCCCCc1cn([C@@H]2C(=O)[C@@]3(C)C(CCC3[C@H](C)CCC(C)=O)C3C2[C@@]2(C)CC[C@@H](C)C[C@H]2C[C@H]3OC(C)=O)nn1. The fourth-order valence-electron chi connectivity index (χ4n) is 10.7. The molecule has 7 heteroatoms. The molecule has 240 valence electrons. The number of fused-ring (bicyclic) bond motifs is 5. The molecule has 0 amide bonds. The van der Waals surface area contributed by atoms with Gasteiger partial charge in [0.15, 0.2) is 5.78 Å². The van der Waals surface area contributed by atoms with E-state index in [9.17, 15) is 9.59 Å². The zero-order chi connectivity index (χ0) is 31.1. The standard InChI is InChI=1S/C36H57N3O4/c1-8-9-10-11-12-27-21-39(38-37-27)33-32-31(30(43-25(5)41)20-26-19-22(2)17-18-35(26,32)6)29-16-15-28(36(29,7)34(33)42)23(3)13-14-24(4)40/h21-23,26,28-33H,8-20H2,1-7H3/t22-,23-,26+,28?,29?,30-,31?,32?,33+,35+,36-/m1/s1. The Bertz CT molecular complexity index is 1180. The van der Waals surface area contributed by atoms with E-state index in [0.717, 1.165) is 57.1 Å². The number of carbonyl (C=O) groups is 3. The summed E-state index contributed by atoms with van der Waals surface area (Å²) in [6.07, 6.45) is 15.0. The Morgan fingerprint density at radius 3 is 2.58 bits per heavy atom. The maximum atomic E-state index is 15.3. The van der Waals surface area contributed by atoms with Crippen molar-refractivity contribution in [1.29, 1.82) is 0 Å². The molecule has 0 N–H and O–H groups in total. The molecule has 11 atom stereocenters. The van der Waals surface area contributed by atoms with Gasteiger partial charge in [-0.25, -0.2) is 4.68 Å². The lowest BCUT2D eigenvalue weighted by atomic mass is 9.41. The van der Waals surface area contributed by atoms with Gasteiger partial charge < -0.3 is 9.53 Å². The molecule has 4 aliphatic rings. The molecule has 0 aliphatic heterocycles. The topological polar surface area (TPSA) is 91.2 Å². The number of ether oxygens (including phenoxy) is 1. The lowest BCUT2D eigenvalue weighted by Crippen LogP contribution is -2.65. The van der Waals surface area contributed by atoms with E-state index in [1.165, 1.54) is 25.7 Å². The number of aromatic nitrogens is 3. The zero-order valence-corrected chi connectivity index (χ0v) is 27.9. The first-order valence-corrected chi connectivity index (χ1v) is 17.5. The highest BCUT2D eigenvalue weighted by molar-refractivity contribution is 5.90. The number of Topliss-reactive ketones (excluding diaryl/α,β-unsaturated/α-hetero) is 2. The highest BCUT2D eigenvalue weighted by Crippen LogP contribution is 2.70. The van der Waals surface area contributed by atoms with E-state index in [-0.39, 0.29) is 52.9 Å². The molecule has 7 nitrogen and oxygen atoms in total. The van der Waals surface area contributed by atoms with Crippen LogP contribution in [-0.2, 0) is 25.5 Å². The molecule has 1 aromatic heterocycles. The largest absolute Gasteiger partial charge is 0.462 e. The van der Waals surface area contributed by atoms with Crippen LogP contribution in [0.15, 0.2) is 6.20 Å². The third kappa shape index (κ3) is 5.88. The first kappa shape index (κ1) is 32.3. The van der Waals surface area contributed by atoms with Crippen molar-refractivity contribution >= 4 is 17.5 Å². The molecule has 4 saturated carbocycles. The monoisotopic (exact) mass is 595 g/mol. The van der Waals surface area contributed by atoms with Crippen LogP contribution in [0.4, 0.5) is 0 Å². The van der Waals surface area contributed by atoms with Crippen molar-refractivity contribution in [3.63, 3.8) is 0 Å². The van der Waals surface area contributed by atoms with Gasteiger partial charge in [-0.15, -0.1) is 5.10 Å². The molecule has 0 radical (unpaired) electrons. The van der Waals surface area contributed by atoms with Gasteiger partial charge in [0.25, 0.3) is 0 Å². The Balaban J connectivity index is 1.59. The van der Waals surface area contributed by atoms with Crippen LogP contribution in [0.5, 0.6) is 0 Å². The molecule has 0 saturated heterocycles. The summed E-state index contributed by atoms with van der Waals surface area (Å²) in [4.78, 5) is 39.8. The summed E-state index contributed by atoms with van der Waals surface area (Å²) in [6.45, 7) is 14.7. The summed E-state index contributed by atoms with van der Waals surface area (Å²) >= 11 is 0. The van der Waals surface area contributed by atoms with Crippen LogP contribution in [0.1, 0.15) is 137 Å². The Hall–Kier alpha value is -2.05. The Kier molecular flexibility index (Phi) is 9.59. The molecule has 43 heavy (non-hydrogen) atoms. The zero-order valence-electron chi connectivity index (χ0n) is 27.9. The normalized spacial score (nSPS) is 39.5. The van der Waals surface area contributed by atoms with Crippen molar-refractivity contribution < 1.29 is 19.1 Å². The van der Waals surface area contributed by atoms with Gasteiger partial charge in [0.1, 0.15) is 17.9 Å². The number of hydrogen-bond acceptors (Lipinski definition) is 6. The third-order valence-electron chi connectivity index (χ3n) is 12.9. The van der Waals surface area contributed by atoms with Crippen molar-refractivity contribution in [2.45, 2.75) is 144 Å². The van der Waals surface area contributed by atoms with Gasteiger partial charge >= 0.3 is 5.97 Å². The second-order valence-electron chi connectivity index (χ2n) is 15.7. The summed E-state index contributed by atoms with van der Waals surface area (Å²) in [5.41, 5.74) is 0.386. The number of ketones is 2. The lowest BCUT2D eigenvalue weighted by Gasteiger charge is -2.64. The van der Waals surface area contributed by atoms with Crippen LogP contribution in [0.3, 0.4) is 0 Å².